The van der Waals surface area contributed by atoms with Crippen LogP contribution in [-0.4, -0.2) is 58.5 Å². The monoisotopic (exact) mass is 367 g/mol. The number of amides is 1. The highest BCUT2D eigenvalue weighted by Gasteiger charge is 2.28. The summed E-state index contributed by atoms with van der Waals surface area (Å²) in [7, 11) is 0. The van der Waals surface area contributed by atoms with Crippen LogP contribution in [-0.2, 0) is 0 Å². The number of hydrogen-bond acceptors (Lipinski definition) is 6. The van der Waals surface area contributed by atoms with Crippen LogP contribution in [0.2, 0.25) is 0 Å². The zero-order valence-electron chi connectivity index (χ0n) is 14.8. The molecule has 1 aromatic carbocycles. The number of oxazole rings is 1. The van der Waals surface area contributed by atoms with Crippen molar-refractivity contribution in [2.75, 3.05) is 32.7 Å². The molecule has 1 N–H and O–H groups in total. The lowest BCUT2D eigenvalue weighted by atomic mass is 10.1. The average molecular weight is 367 g/mol. The van der Waals surface area contributed by atoms with Crippen molar-refractivity contribution in [2.45, 2.75) is 6.10 Å². The Morgan fingerprint density at radius 3 is 2.56 bits per heavy atom. The fraction of sp³-hybridized carbons (Fsp3) is 0.300. The summed E-state index contributed by atoms with van der Waals surface area (Å²) >= 11 is 0. The maximum absolute atomic E-state index is 12.8. The molecule has 3 heterocycles. The molecule has 0 spiro atoms. The molecule has 7 nitrogen and oxygen atoms in total. The number of furan rings is 1. The Morgan fingerprint density at radius 2 is 1.85 bits per heavy atom. The minimum atomic E-state index is -0.533. The Morgan fingerprint density at radius 1 is 1.07 bits per heavy atom. The maximum atomic E-state index is 12.8. The smallest absolute Gasteiger partial charge is 0.276 e. The van der Waals surface area contributed by atoms with Gasteiger partial charge < -0.3 is 18.8 Å². The van der Waals surface area contributed by atoms with E-state index >= 15 is 0 Å². The minimum absolute atomic E-state index is 0.168. The van der Waals surface area contributed by atoms with Gasteiger partial charge in [0.25, 0.3) is 5.91 Å². The van der Waals surface area contributed by atoms with E-state index in [-0.39, 0.29) is 11.6 Å². The van der Waals surface area contributed by atoms with Gasteiger partial charge in [0.2, 0.25) is 5.76 Å². The quantitative estimate of drug-likeness (QED) is 0.746. The number of aliphatic hydroxyl groups excluding tert-OH is 1. The summed E-state index contributed by atoms with van der Waals surface area (Å²) in [6.07, 6.45) is 2.26. The van der Waals surface area contributed by atoms with Gasteiger partial charge in [0.1, 0.15) is 0 Å². The van der Waals surface area contributed by atoms with Crippen LogP contribution < -0.4 is 0 Å². The molecule has 2 aromatic heterocycles. The fourth-order valence-electron chi connectivity index (χ4n) is 3.29. The summed E-state index contributed by atoms with van der Waals surface area (Å²) in [5, 5.41) is 10.4. The van der Waals surface area contributed by atoms with Crippen LogP contribution in [0.5, 0.6) is 0 Å². The molecule has 1 atom stereocenters. The van der Waals surface area contributed by atoms with Crippen molar-refractivity contribution in [3.8, 4) is 11.5 Å². The molecule has 1 fully saturated rings. The molecule has 1 aliphatic heterocycles. The molecule has 0 aliphatic carbocycles. The second-order valence-corrected chi connectivity index (χ2v) is 6.53. The van der Waals surface area contributed by atoms with Crippen LogP contribution in [0.15, 0.2) is 64.0 Å². The molecule has 140 valence electrons. The molecule has 1 amide bonds. The lowest BCUT2D eigenvalue weighted by Gasteiger charge is -2.35. The lowest BCUT2D eigenvalue weighted by molar-refractivity contribution is 0.0523. The molecule has 0 saturated carbocycles. The standard InChI is InChI=1S/C20H21N3O4/c24-16(15-5-2-1-3-6-15)13-22-8-10-23(11-9-22)20(25)18-19(27-14-21-18)17-7-4-12-26-17/h1-7,12,14,16,24H,8-11,13H2. The van der Waals surface area contributed by atoms with Gasteiger partial charge in [-0.1, -0.05) is 30.3 Å². The summed E-state index contributed by atoms with van der Waals surface area (Å²) in [4.78, 5) is 20.8. The summed E-state index contributed by atoms with van der Waals surface area (Å²) in [6.45, 7) is 3.09. The predicted molar refractivity (Wildman–Crippen MR) is 98.0 cm³/mol. The van der Waals surface area contributed by atoms with E-state index in [0.717, 1.165) is 5.56 Å². The number of carbonyl (C=O) groups excluding carboxylic acids is 1. The Bertz CT molecular complexity index is 868. The van der Waals surface area contributed by atoms with Crippen LogP contribution in [0.25, 0.3) is 11.5 Å². The summed E-state index contributed by atoms with van der Waals surface area (Å²) in [6, 6.07) is 13.1. The van der Waals surface area contributed by atoms with Crippen LogP contribution in [0.3, 0.4) is 0 Å². The summed E-state index contributed by atoms with van der Waals surface area (Å²) in [5.41, 5.74) is 1.17. The van der Waals surface area contributed by atoms with Crippen LogP contribution >= 0.6 is 0 Å². The Balaban J connectivity index is 1.36. The first-order valence-corrected chi connectivity index (χ1v) is 8.94. The van der Waals surface area contributed by atoms with E-state index in [4.69, 9.17) is 8.83 Å². The van der Waals surface area contributed by atoms with E-state index in [0.29, 0.717) is 44.2 Å². The van der Waals surface area contributed by atoms with Crippen LogP contribution in [0.4, 0.5) is 0 Å². The number of carbonyl (C=O) groups is 1. The molecule has 0 bridgehead atoms. The molecular formula is C20H21N3O4. The summed E-state index contributed by atoms with van der Waals surface area (Å²) < 4.78 is 10.7. The number of nitrogens with zero attached hydrogens (tertiary/aromatic N) is 3. The highest BCUT2D eigenvalue weighted by atomic mass is 16.4. The van der Waals surface area contributed by atoms with E-state index < -0.39 is 6.10 Å². The molecule has 1 aliphatic rings. The van der Waals surface area contributed by atoms with E-state index in [1.807, 2.05) is 30.3 Å². The van der Waals surface area contributed by atoms with Crippen molar-refractivity contribution >= 4 is 5.91 Å². The Labute approximate surface area is 156 Å². The van der Waals surface area contributed by atoms with Gasteiger partial charge in [0.05, 0.1) is 12.4 Å². The highest BCUT2D eigenvalue weighted by molar-refractivity contribution is 5.97. The topological polar surface area (TPSA) is 83.0 Å². The number of aliphatic hydroxyl groups is 1. The third-order valence-corrected chi connectivity index (χ3v) is 4.79. The van der Waals surface area contributed by atoms with Crippen molar-refractivity contribution in [2.24, 2.45) is 0 Å². The molecule has 1 saturated heterocycles. The number of piperazine rings is 1. The van der Waals surface area contributed by atoms with Crippen molar-refractivity contribution in [3.63, 3.8) is 0 Å². The molecule has 7 heteroatoms. The number of aromatic nitrogens is 1. The normalized spacial score (nSPS) is 16.4. The van der Waals surface area contributed by atoms with Gasteiger partial charge in [0.15, 0.2) is 17.8 Å². The number of benzene rings is 1. The molecule has 4 rings (SSSR count). The second-order valence-electron chi connectivity index (χ2n) is 6.53. The van der Waals surface area contributed by atoms with Gasteiger partial charge in [0, 0.05) is 32.7 Å². The second kappa shape index (κ2) is 7.77. The zero-order chi connectivity index (χ0) is 18.6. The first-order chi connectivity index (χ1) is 13.2. The maximum Gasteiger partial charge on any atom is 0.276 e. The molecule has 3 aromatic rings. The first-order valence-electron chi connectivity index (χ1n) is 8.94. The van der Waals surface area contributed by atoms with Crippen molar-refractivity contribution in [1.82, 2.24) is 14.8 Å². The number of rotatable bonds is 5. The third kappa shape index (κ3) is 3.79. The van der Waals surface area contributed by atoms with Gasteiger partial charge >= 0.3 is 0 Å². The van der Waals surface area contributed by atoms with E-state index in [2.05, 4.69) is 9.88 Å². The summed E-state index contributed by atoms with van der Waals surface area (Å²) in [5.74, 6) is 0.672. The van der Waals surface area contributed by atoms with Gasteiger partial charge in [-0.05, 0) is 17.7 Å². The number of hydrogen-bond donors (Lipinski definition) is 1. The highest BCUT2D eigenvalue weighted by Crippen LogP contribution is 2.25. The molecule has 1 unspecified atom stereocenters. The average Bonchev–Trinajstić information content (AvgIpc) is 3.40. The zero-order valence-corrected chi connectivity index (χ0v) is 14.8. The van der Waals surface area contributed by atoms with Crippen LogP contribution in [0.1, 0.15) is 22.2 Å². The van der Waals surface area contributed by atoms with Crippen molar-refractivity contribution in [1.29, 1.82) is 0 Å². The van der Waals surface area contributed by atoms with E-state index in [9.17, 15) is 9.90 Å². The third-order valence-electron chi connectivity index (χ3n) is 4.79. The first kappa shape index (κ1) is 17.5. The molecule has 27 heavy (non-hydrogen) atoms. The predicted octanol–water partition coefficient (Wildman–Crippen LogP) is 2.43. The Kier molecular flexibility index (Phi) is 5.04. The van der Waals surface area contributed by atoms with Gasteiger partial charge in [-0.2, -0.15) is 0 Å². The van der Waals surface area contributed by atoms with Gasteiger partial charge in [-0.15, -0.1) is 0 Å². The van der Waals surface area contributed by atoms with Crippen molar-refractivity contribution < 1.29 is 18.7 Å². The van der Waals surface area contributed by atoms with Crippen LogP contribution in [0, 0.1) is 0 Å². The minimum Gasteiger partial charge on any atom is -0.461 e. The molecule has 0 radical (unpaired) electrons. The van der Waals surface area contributed by atoms with E-state index in [1.165, 1.54) is 12.7 Å². The SMILES string of the molecule is O=C(c1ncoc1-c1ccco1)N1CCN(CC(O)c2ccccc2)CC1. The van der Waals surface area contributed by atoms with Crippen molar-refractivity contribution in [3.05, 3.63) is 66.4 Å². The fourth-order valence-corrected chi connectivity index (χ4v) is 3.29. The Hall–Kier alpha value is -2.90. The van der Waals surface area contributed by atoms with Gasteiger partial charge in [-0.25, -0.2) is 4.98 Å². The molecular weight excluding hydrogens is 346 g/mol. The largest absolute Gasteiger partial charge is 0.461 e. The van der Waals surface area contributed by atoms with Gasteiger partial charge in [-0.3, -0.25) is 9.69 Å². The number of β-amino-alcohol motifs (C(OH)–C–C–N with tert-alkyl or cyclic N) is 1. The van der Waals surface area contributed by atoms with E-state index in [1.54, 1.807) is 17.0 Å². The lowest BCUT2D eigenvalue weighted by Crippen LogP contribution is -2.49.